The van der Waals surface area contributed by atoms with Gasteiger partial charge < -0.3 is 9.32 Å². The van der Waals surface area contributed by atoms with Crippen molar-refractivity contribution in [1.82, 2.24) is 15.1 Å². The summed E-state index contributed by atoms with van der Waals surface area (Å²) in [5.74, 6) is 3.14. The van der Waals surface area contributed by atoms with Crippen molar-refractivity contribution in [2.24, 2.45) is 23.2 Å². The first-order valence-electron chi connectivity index (χ1n) is 12.1. The summed E-state index contributed by atoms with van der Waals surface area (Å²) in [4.78, 5) is 15.8. The van der Waals surface area contributed by atoms with Gasteiger partial charge in [0.05, 0.1) is 16.9 Å². The van der Waals surface area contributed by atoms with Crippen molar-refractivity contribution >= 4 is 5.91 Å². The van der Waals surface area contributed by atoms with E-state index in [1.165, 1.54) is 31.4 Å². The Morgan fingerprint density at radius 3 is 2.24 bits per heavy atom. The van der Waals surface area contributed by atoms with Crippen LogP contribution in [0.4, 0.5) is 13.2 Å². The van der Waals surface area contributed by atoms with Crippen LogP contribution in [0.3, 0.4) is 0 Å². The summed E-state index contributed by atoms with van der Waals surface area (Å²) in [7, 11) is 0. The topological polar surface area (TPSA) is 59.2 Å². The highest BCUT2D eigenvalue weighted by Crippen LogP contribution is 2.60. The fourth-order valence-corrected chi connectivity index (χ4v) is 7.39. The molecule has 4 aliphatic carbocycles. The lowest BCUT2D eigenvalue weighted by Crippen LogP contribution is -2.55. The highest BCUT2D eigenvalue weighted by molar-refractivity contribution is 5.83. The molecule has 2 heterocycles. The second-order valence-electron chi connectivity index (χ2n) is 10.8. The van der Waals surface area contributed by atoms with Gasteiger partial charge in [-0.1, -0.05) is 0 Å². The Morgan fingerprint density at radius 1 is 1.00 bits per heavy atom. The third-order valence-corrected chi connectivity index (χ3v) is 8.45. The van der Waals surface area contributed by atoms with Crippen LogP contribution in [0.15, 0.2) is 28.7 Å². The smallest absolute Gasteiger partial charge is 0.416 e. The van der Waals surface area contributed by atoms with Crippen LogP contribution in [0.5, 0.6) is 0 Å². The molecule has 1 unspecified atom stereocenters. The average molecular weight is 460 g/mol. The zero-order valence-corrected chi connectivity index (χ0v) is 18.5. The molecule has 1 saturated heterocycles. The molecule has 7 rings (SSSR count). The molecular weight excluding hydrogens is 431 g/mol. The average Bonchev–Trinajstić information content (AvgIpc) is 3.28. The van der Waals surface area contributed by atoms with Crippen molar-refractivity contribution in [2.75, 3.05) is 13.1 Å². The van der Waals surface area contributed by atoms with E-state index < -0.39 is 11.7 Å². The molecule has 1 atom stereocenters. The first-order valence-corrected chi connectivity index (χ1v) is 12.1. The van der Waals surface area contributed by atoms with Crippen molar-refractivity contribution in [1.29, 1.82) is 0 Å². The minimum Gasteiger partial charge on any atom is -0.420 e. The molecule has 2 aromatic rings. The highest BCUT2D eigenvalue weighted by Gasteiger charge is 2.55. The SMILES string of the molecule is O=C(N1CCCC(c2nnc(-c3ccc(C(F)(F)F)cc3)o2)C1)C12CC3CC(CC(C3)C1)C2. The summed E-state index contributed by atoms with van der Waals surface area (Å²) in [6.07, 6.45) is 4.46. The Bertz CT molecular complexity index is 1010. The standard InChI is InChI=1S/C25H28F3N3O2/c26-25(27,28)20-5-3-18(4-6-20)21-29-30-22(33-21)19-2-1-7-31(14-19)23(32)24-11-15-8-16(12-24)10-17(9-15)13-24/h3-6,15-17,19H,1-2,7-14H2. The van der Waals surface area contributed by atoms with Gasteiger partial charge in [-0.05, 0) is 93.4 Å². The third-order valence-electron chi connectivity index (χ3n) is 8.45. The van der Waals surface area contributed by atoms with Crippen LogP contribution in [-0.4, -0.2) is 34.1 Å². The van der Waals surface area contributed by atoms with Gasteiger partial charge in [-0.2, -0.15) is 13.2 Å². The van der Waals surface area contributed by atoms with Gasteiger partial charge in [0.15, 0.2) is 0 Å². The summed E-state index contributed by atoms with van der Waals surface area (Å²) < 4.78 is 44.3. The first kappa shape index (κ1) is 21.2. The van der Waals surface area contributed by atoms with Crippen molar-refractivity contribution in [3.63, 3.8) is 0 Å². The van der Waals surface area contributed by atoms with E-state index in [2.05, 4.69) is 10.2 Å². The van der Waals surface area contributed by atoms with E-state index in [9.17, 15) is 18.0 Å². The van der Waals surface area contributed by atoms with Crippen LogP contribution in [0, 0.1) is 23.2 Å². The molecule has 0 N–H and O–H groups in total. The molecule has 1 amide bonds. The van der Waals surface area contributed by atoms with Crippen molar-refractivity contribution < 1.29 is 22.4 Å². The number of rotatable bonds is 3. The van der Waals surface area contributed by atoms with Crippen molar-refractivity contribution in [3.8, 4) is 11.5 Å². The molecular formula is C25H28F3N3O2. The highest BCUT2D eigenvalue weighted by atomic mass is 19.4. The van der Waals surface area contributed by atoms with Crippen LogP contribution in [-0.2, 0) is 11.0 Å². The second kappa shape index (κ2) is 7.57. The van der Waals surface area contributed by atoms with Gasteiger partial charge in [0, 0.05) is 18.7 Å². The number of alkyl halides is 3. The van der Waals surface area contributed by atoms with Gasteiger partial charge in [-0.25, -0.2) is 0 Å². The predicted octanol–water partition coefficient (Wildman–Crippen LogP) is 5.68. The van der Waals surface area contributed by atoms with E-state index in [4.69, 9.17) is 4.42 Å². The van der Waals surface area contributed by atoms with E-state index in [0.717, 1.165) is 68.5 Å². The number of amides is 1. The summed E-state index contributed by atoms with van der Waals surface area (Å²) >= 11 is 0. The molecule has 5 fully saturated rings. The number of carbonyl (C=O) groups is 1. The Hall–Kier alpha value is -2.38. The Morgan fingerprint density at radius 2 is 1.64 bits per heavy atom. The van der Waals surface area contributed by atoms with Crippen LogP contribution < -0.4 is 0 Å². The zero-order chi connectivity index (χ0) is 22.8. The number of halogens is 3. The molecule has 4 saturated carbocycles. The van der Waals surface area contributed by atoms with Crippen LogP contribution in [0.25, 0.3) is 11.5 Å². The molecule has 1 aromatic heterocycles. The van der Waals surface area contributed by atoms with Crippen molar-refractivity contribution in [3.05, 3.63) is 35.7 Å². The van der Waals surface area contributed by atoms with Gasteiger partial charge >= 0.3 is 6.18 Å². The van der Waals surface area contributed by atoms with Crippen LogP contribution in [0.1, 0.15) is 68.7 Å². The Labute approximate surface area is 190 Å². The lowest BCUT2D eigenvalue weighted by atomic mass is 9.49. The van der Waals surface area contributed by atoms with Crippen molar-refractivity contribution in [2.45, 2.75) is 63.5 Å². The minimum absolute atomic E-state index is 0.0349. The van der Waals surface area contributed by atoms with E-state index in [-0.39, 0.29) is 17.2 Å². The van der Waals surface area contributed by atoms with Crippen LogP contribution in [0.2, 0.25) is 0 Å². The van der Waals surface area contributed by atoms with Gasteiger partial charge in [-0.15, -0.1) is 10.2 Å². The molecule has 5 nitrogen and oxygen atoms in total. The van der Waals surface area contributed by atoms with E-state index in [0.29, 0.717) is 23.9 Å². The molecule has 8 heteroatoms. The largest absolute Gasteiger partial charge is 0.420 e. The normalized spacial score (nSPS) is 33.5. The molecule has 1 aromatic carbocycles. The number of aromatic nitrogens is 2. The van der Waals surface area contributed by atoms with Gasteiger partial charge in [0.25, 0.3) is 0 Å². The molecule has 1 aliphatic heterocycles. The fraction of sp³-hybridized carbons (Fsp3) is 0.640. The fourth-order valence-electron chi connectivity index (χ4n) is 7.39. The number of piperidine rings is 1. The maximum absolute atomic E-state index is 13.7. The Kier molecular flexibility index (Phi) is 4.86. The van der Waals surface area contributed by atoms with E-state index >= 15 is 0 Å². The third kappa shape index (κ3) is 3.75. The summed E-state index contributed by atoms with van der Waals surface area (Å²) in [5, 5.41) is 8.27. The number of hydrogen-bond acceptors (Lipinski definition) is 4. The monoisotopic (exact) mass is 459 g/mol. The minimum atomic E-state index is -4.38. The molecule has 5 aliphatic rings. The summed E-state index contributed by atoms with van der Waals surface area (Å²) in [6.45, 7) is 1.35. The van der Waals surface area contributed by atoms with Crippen LogP contribution >= 0.6 is 0 Å². The molecule has 4 bridgehead atoms. The maximum Gasteiger partial charge on any atom is 0.416 e. The lowest BCUT2D eigenvalue weighted by molar-refractivity contribution is -0.159. The number of nitrogens with zero attached hydrogens (tertiary/aromatic N) is 3. The quantitative estimate of drug-likeness (QED) is 0.593. The van der Waals surface area contributed by atoms with Gasteiger partial charge in [0.1, 0.15) is 0 Å². The second-order valence-corrected chi connectivity index (χ2v) is 10.8. The van der Waals surface area contributed by atoms with E-state index in [1.54, 1.807) is 0 Å². The lowest BCUT2D eigenvalue weighted by Gasteiger charge is -2.57. The Balaban J connectivity index is 1.17. The maximum atomic E-state index is 13.7. The predicted molar refractivity (Wildman–Crippen MR) is 114 cm³/mol. The number of likely N-dealkylation sites (tertiary alicyclic amines) is 1. The number of benzene rings is 1. The molecule has 176 valence electrons. The number of hydrogen-bond donors (Lipinski definition) is 0. The molecule has 33 heavy (non-hydrogen) atoms. The van der Waals surface area contributed by atoms with E-state index in [1.807, 2.05) is 4.90 Å². The molecule has 0 radical (unpaired) electrons. The van der Waals surface area contributed by atoms with Gasteiger partial charge in [0.2, 0.25) is 17.7 Å². The summed E-state index contributed by atoms with van der Waals surface area (Å²) in [5.41, 5.74) is -0.409. The first-order chi connectivity index (χ1) is 15.8. The zero-order valence-electron chi connectivity index (χ0n) is 18.5. The molecule has 0 spiro atoms. The number of carbonyl (C=O) groups excluding carboxylic acids is 1. The van der Waals surface area contributed by atoms with Gasteiger partial charge in [-0.3, -0.25) is 4.79 Å². The summed E-state index contributed by atoms with van der Waals surface area (Å²) in [6, 6.07) is 4.74.